The van der Waals surface area contributed by atoms with Crippen molar-refractivity contribution in [3.8, 4) is 0 Å². The van der Waals surface area contributed by atoms with Gasteiger partial charge in [-0.05, 0) is 59.1 Å². The van der Waals surface area contributed by atoms with Gasteiger partial charge in [0.05, 0.1) is 17.4 Å². The van der Waals surface area contributed by atoms with Crippen LogP contribution in [0, 0.1) is 5.92 Å². The van der Waals surface area contributed by atoms with Gasteiger partial charge < -0.3 is 15.6 Å². The summed E-state index contributed by atoms with van der Waals surface area (Å²) in [5, 5.41) is 0. The zero-order valence-electron chi connectivity index (χ0n) is 16.4. The summed E-state index contributed by atoms with van der Waals surface area (Å²) in [6.07, 6.45) is 3.56. The highest BCUT2D eigenvalue weighted by Gasteiger charge is 2.49. The number of H-pyrrole nitrogens is 1. The number of fused-ring (bicyclic) bond motifs is 5. The van der Waals surface area contributed by atoms with Crippen molar-refractivity contribution in [1.29, 1.82) is 0 Å². The lowest BCUT2D eigenvalue weighted by Crippen LogP contribution is -2.59. The number of nitrogens with zero attached hydrogens (tertiary/aromatic N) is 2. The third-order valence-electron chi connectivity index (χ3n) is 7.24. The standard InChI is InChI=1S/C23H26N4O/c1-14-21-11-16-4-3-15(12-24)9-18(16)23(14,2)7-8-27(21)22(28)17-5-6-19-20(10-17)26-13-25-19/h3-6,9-10,13-14,21H,7-8,11-12,24H2,1-2H3,(H,25,26)/t14-,21-,23-/m1/s1. The first-order valence-corrected chi connectivity index (χ1v) is 10.1. The maximum Gasteiger partial charge on any atom is 0.254 e. The molecule has 0 unspecified atom stereocenters. The Bertz CT molecular complexity index is 1070. The summed E-state index contributed by atoms with van der Waals surface area (Å²) in [7, 11) is 0. The fourth-order valence-corrected chi connectivity index (χ4v) is 5.28. The highest BCUT2D eigenvalue weighted by molar-refractivity contribution is 5.97. The Morgan fingerprint density at radius 1 is 1.32 bits per heavy atom. The summed E-state index contributed by atoms with van der Waals surface area (Å²) in [6.45, 7) is 6.03. The van der Waals surface area contributed by atoms with Crippen LogP contribution in [0.1, 0.15) is 47.3 Å². The van der Waals surface area contributed by atoms with E-state index in [-0.39, 0.29) is 17.4 Å². The molecule has 0 spiro atoms. The predicted octanol–water partition coefficient (Wildman–Crippen LogP) is 3.39. The summed E-state index contributed by atoms with van der Waals surface area (Å²) in [5.74, 6) is 0.527. The molecule has 0 radical (unpaired) electrons. The van der Waals surface area contributed by atoms with E-state index in [1.165, 1.54) is 16.7 Å². The molecular weight excluding hydrogens is 348 g/mol. The molecule has 144 valence electrons. The Hall–Kier alpha value is -2.66. The van der Waals surface area contributed by atoms with E-state index in [9.17, 15) is 4.79 Å². The third-order valence-corrected chi connectivity index (χ3v) is 7.24. The van der Waals surface area contributed by atoms with E-state index in [0.29, 0.717) is 12.5 Å². The van der Waals surface area contributed by atoms with Crippen molar-refractivity contribution < 1.29 is 4.79 Å². The average molecular weight is 374 g/mol. The van der Waals surface area contributed by atoms with E-state index in [1.807, 2.05) is 18.2 Å². The van der Waals surface area contributed by atoms with E-state index < -0.39 is 0 Å². The number of likely N-dealkylation sites (tertiary alicyclic amines) is 1. The number of piperidine rings is 1. The van der Waals surface area contributed by atoms with Crippen molar-refractivity contribution in [2.45, 2.75) is 44.7 Å². The first kappa shape index (κ1) is 17.4. The molecule has 0 saturated carbocycles. The van der Waals surface area contributed by atoms with Crippen LogP contribution < -0.4 is 5.73 Å². The summed E-state index contributed by atoms with van der Waals surface area (Å²) in [5.41, 5.74) is 12.5. The van der Waals surface area contributed by atoms with Crippen LogP contribution in [-0.4, -0.2) is 33.4 Å². The first-order valence-electron chi connectivity index (χ1n) is 10.1. The molecule has 1 aromatic heterocycles. The number of hydrogen-bond acceptors (Lipinski definition) is 3. The van der Waals surface area contributed by atoms with Gasteiger partial charge in [0.1, 0.15) is 0 Å². The van der Waals surface area contributed by atoms with Crippen LogP contribution in [0.15, 0.2) is 42.7 Å². The largest absolute Gasteiger partial charge is 0.345 e. The third kappa shape index (κ3) is 2.42. The molecule has 1 saturated heterocycles. The van der Waals surface area contributed by atoms with Crippen LogP contribution in [0.5, 0.6) is 0 Å². The average Bonchev–Trinajstić information content (AvgIpc) is 3.18. The van der Waals surface area contributed by atoms with Gasteiger partial charge in [-0.25, -0.2) is 4.98 Å². The number of aromatic nitrogens is 2. The fraction of sp³-hybridized carbons (Fsp3) is 0.391. The molecule has 1 amide bonds. The van der Waals surface area contributed by atoms with Gasteiger partial charge in [-0.15, -0.1) is 0 Å². The molecule has 2 aliphatic rings. The fourth-order valence-electron chi connectivity index (χ4n) is 5.28. The Labute approximate surface area is 164 Å². The maximum atomic E-state index is 13.4. The Morgan fingerprint density at radius 3 is 3.00 bits per heavy atom. The van der Waals surface area contributed by atoms with E-state index in [1.54, 1.807) is 6.33 Å². The van der Waals surface area contributed by atoms with Gasteiger partial charge in [-0.2, -0.15) is 0 Å². The number of nitrogens with two attached hydrogens (primary N) is 1. The van der Waals surface area contributed by atoms with Gasteiger partial charge in [0, 0.05) is 24.7 Å². The number of benzene rings is 2. The second kappa shape index (κ2) is 6.17. The van der Waals surface area contributed by atoms with Crippen LogP contribution in [0.3, 0.4) is 0 Å². The summed E-state index contributed by atoms with van der Waals surface area (Å²) in [6, 6.07) is 12.6. The van der Waals surface area contributed by atoms with Crippen molar-refractivity contribution in [3.05, 3.63) is 65.0 Å². The molecule has 3 atom stereocenters. The molecule has 3 aromatic rings. The monoisotopic (exact) mass is 374 g/mol. The lowest BCUT2D eigenvalue weighted by atomic mass is 9.59. The van der Waals surface area contributed by atoms with Crippen LogP contribution in [0.4, 0.5) is 0 Å². The van der Waals surface area contributed by atoms with Gasteiger partial charge >= 0.3 is 0 Å². The molecule has 1 aliphatic heterocycles. The van der Waals surface area contributed by atoms with Gasteiger partial charge in [0.25, 0.3) is 5.91 Å². The quantitative estimate of drug-likeness (QED) is 0.722. The highest BCUT2D eigenvalue weighted by Crippen LogP contribution is 2.49. The smallest absolute Gasteiger partial charge is 0.254 e. The Morgan fingerprint density at radius 2 is 2.18 bits per heavy atom. The summed E-state index contributed by atoms with van der Waals surface area (Å²) >= 11 is 0. The molecule has 1 fully saturated rings. The van der Waals surface area contributed by atoms with E-state index in [0.717, 1.165) is 36.0 Å². The molecule has 3 N–H and O–H groups in total. The second-order valence-corrected chi connectivity index (χ2v) is 8.56. The van der Waals surface area contributed by atoms with Crippen molar-refractivity contribution in [2.75, 3.05) is 6.54 Å². The van der Waals surface area contributed by atoms with E-state index >= 15 is 0 Å². The van der Waals surface area contributed by atoms with Crippen LogP contribution >= 0.6 is 0 Å². The first-order chi connectivity index (χ1) is 13.5. The number of rotatable bonds is 2. The van der Waals surface area contributed by atoms with Crippen LogP contribution in [0.2, 0.25) is 0 Å². The van der Waals surface area contributed by atoms with Crippen molar-refractivity contribution in [3.63, 3.8) is 0 Å². The molecule has 28 heavy (non-hydrogen) atoms. The highest BCUT2D eigenvalue weighted by atomic mass is 16.2. The molecule has 5 heteroatoms. The summed E-state index contributed by atoms with van der Waals surface area (Å²) < 4.78 is 0. The lowest BCUT2D eigenvalue weighted by molar-refractivity contribution is 0.0250. The number of carbonyl (C=O) groups is 1. The zero-order chi connectivity index (χ0) is 19.5. The minimum absolute atomic E-state index is 0.0908. The molecule has 1 aliphatic carbocycles. The van der Waals surface area contributed by atoms with Gasteiger partial charge in [0.15, 0.2) is 0 Å². The molecule has 2 heterocycles. The normalized spacial score (nSPS) is 26.3. The minimum Gasteiger partial charge on any atom is -0.345 e. The van der Waals surface area contributed by atoms with Crippen molar-refractivity contribution in [1.82, 2.24) is 14.9 Å². The van der Waals surface area contributed by atoms with Crippen LogP contribution in [0.25, 0.3) is 11.0 Å². The van der Waals surface area contributed by atoms with Crippen molar-refractivity contribution >= 4 is 16.9 Å². The number of hydrogen-bond donors (Lipinski definition) is 2. The molecular formula is C23H26N4O. The number of nitrogens with one attached hydrogen (secondary N) is 1. The topological polar surface area (TPSA) is 75.0 Å². The van der Waals surface area contributed by atoms with Crippen molar-refractivity contribution in [2.24, 2.45) is 11.7 Å². The molecule has 5 nitrogen and oxygen atoms in total. The minimum atomic E-state index is 0.0908. The number of aromatic amines is 1. The number of carbonyl (C=O) groups excluding carboxylic acids is 1. The van der Waals surface area contributed by atoms with Gasteiger partial charge in [-0.1, -0.05) is 32.0 Å². The lowest BCUT2D eigenvalue weighted by Gasteiger charge is -2.54. The zero-order valence-corrected chi connectivity index (χ0v) is 16.4. The maximum absolute atomic E-state index is 13.4. The Balaban J connectivity index is 1.51. The Kier molecular flexibility index (Phi) is 3.85. The summed E-state index contributed by atoms with van der Waals surface area (Å²) in [4.78, 5) is 22.9. The van der Waals surface area contributed by atoms with E-state index in [4.69, 9.17) is 5.73 Å². The number of amides is 1. The number of imidazole rings is 1. The van der Waals surface area contributed by atoms with Crippen LogP contribution in [-0.2, 0) is 18.4 Å². The van der Waals surface area contributed by atoms with Gasteiger partial charge in [0.2, 0.25) is 0 Å². The molecule has 5 rings (SSSR count). The van der Waals surface area contributed by atoms with E-state index in [2.05, 4.69) is 46.9 Å². The molecule has 2 bridgehead atoms. The molecule has 2 aromatic carbocycles. The SMILES string of the molecule is C[C@@H]1[C@H]2Cc3ccc(CN)cc3[C@]1(C)CCN2C(=O)c1ccc2nc[nH]c2c1. The predicted molar refractivity (Wildman–Crippen MR) is 110 cm³/mol. The second-order valence-electron chi connectivity index (χ2n) is 8.56. The van der Waals surface area contributed by atoms with Gasteiger partial charge in [-0.3, -0.25) is 4.79 Å².